The minimum atomic E-state index is -0.230. The lowest BCUT2D eigenvalue weighted by Crippen LogP contribution is -2.37. The minimum absolute atomic E-state index is 0.0328. The molecule has 0 saturated carbocycles. The molecule has 0 aliphatic carbocycles. The number of nitrogens with one attached hydrogen (secondary N) is 1. The third kappa shape index (κ3) is 4.86. The molecule has 1 fully saturated rings. The summed E-state index contributed by atoms with van der Waals surface area (Å²) in [5, 5.41) is 4.46. The van der Waals surface area contributed by atoms with E-state index in [1.54, 1.807) is 36.0 Å². The van der Waals surface area contributed by atoms with Crippen molar-refractivity contribution in [3.8, 4) is 11.3 Å². The summed E-state index contributed by atoms with van der Waals surface area (Å²) in [6, 6.07) is 10.9. The summed E-state index contributed by atoms with van der Waals surface area (Å²) < 4.78 is 7.64. The molecule has 0 radical (unpaired) electrons. The number of hydrogen-bond donors (Lipinski definition) is 1. The fraction of sp³-hybridized carbons (Fsp3) is 0.375. The number of halogens is 2. The van der Waals surface area contributed by atoms with E-state index in [1.807, 2.05) is 32.0 Å². The summed E-state index contributed by atoms with van der Waals surface area (Å²) in [7, 11) is 1.75. The zero-order chi connectivity index (χ0) is 23.5. The van der Waals surface area contributed by atoms with Gasteiger partial charge in [-0.15, -0.1) is 0 Å². The maximum atomic E-state index is 13.3. The molecule has 174 valence electrons. The molecular formula is C24H27Cl2N5O2. The van der Waals surface area contributed by atoms with E-state index in [0.29, 0.717) is 53.2 Å². The van der Waals surface area contributed by atoms with Crippen LogP contribution in [0.15, 0.2) is 47.4 Å². The predicted octanol–water partition coefficient (Wildman–Crippen LogP) is 4.42. The van der Waals surface area contributed by atoms with Crippen LogP contribution in [0.2, 0.25) is 10.0 Å². The van der Waals surface area contributed by atoms with Gasteiger partial charge in [0.2, 0.25) is 0 Å². The normalized spacial score (nSPS) is 18.0. The fourth-order valence-electron chi connectivity index (χ4n) is 4.17. The van der Waals surface area contributed by atoms with Crippen molar-refractivity contribution >= 4 is 34.8 Å². The maximum absolute atomic E-state index is 13.3. The van der Waals surface area contributed by atoms with Crippen LogP contribution in [0, 0.1) is 0 Å². The van der Waals surface area contributed by atoms with Crippen molar-refractivity contribution in [3.63, 3.8) is 0 Å². The first-order valence-electron chi connectivity index (χ1n) is 11.0. The zero-order valence-electron chi connectivity index (χ0n) is 18.9. The summed E-state index contributed by atoms with van der Waals surface area (Å²) in [5.41, 5.74) is 1.43. The number of rotatable bonds is 7. The Morgan fingerprint density at radius 2 is 2.00 bits per heavy atom. The Morgan fingerprint density at radius 3 is 2.67 bits per heavy atom. The summed E-state index contributed by atoms with van der Waals surface area (Å²) in [6.07, 6.45) is 2.38. The first-order chi connectivity index (χ1) is 15.9. The van der Waals surface area contributed by atoms with E-state index in [9.17, 15) is 4.79 Å². The number of aryl methyl sites for hydroxylation is 1. The van der Waals surface area contributed by atoms with Crippen molar-refractivity contribution in [2.45, 2.75) is 32.4 Å². The highest BCUT2D eigenvalue weighted by molar-refractivity contribution is 6.36. The molecule has 3 aromatic rings. The summed E-state index contributed by atoms with van der Waals surface area (Å²) >= 11 is 12.4. The van der Waals surface area contributed by atoms with E-state index < -0.39 is 0 Å². The van der Waals surface area contributed by atoms with Crippen molar-refractivity contribution in [1.29, 1.82) is 0 Å². The molecule has 33 heavy (non-hydrogen) atoms. The third-order valence-electron chi connectivity index (χ3n) is 5.83. The molecule has 0 amide bonds. The number of nitrogens with zero attached hydrogens (tertiary/aromatic N) is 4. The molecule has 1 aromatic carbocycles. The van der Waals surface area contributed by atoms with Crippen LogP contribution in [0.25, 0.3) is 11.3 Å². The highest BCUT2D eigenvalue weighted by Crippen LogP contribution is 2.29. The van der Waals surface area contributed by atoms with Crippen LogP contribution >= 0.6 is 23.2 Å². The second-order valence-corrected chi connectivity index (χ2v) is 8.78. The van der Waals surface area contributed by atoms with Gasteiger partial charge in [-0.25, -0.2) is 9.97 Å². The Labute approximate surface area is 203 Å². The van der Waals surface area contributed by atoms with Crippen LogP contribution in [-0.4, -0.2) is 46.4 Å². The smallest absolute Gasteiger partial charge is 0.278 e. The van der Waals surface area contributed by atoms with Crippen LogP contribution in [0.5, 0.6) is 0 Å². The van der Waals surface area contributed by atoms with Crippen molar-refractivity contribution in [1.82, 2.24) is 14.5 Å². The second-order valence-electron chi connectivity index (χ2n) is 7.94. The third-order valence-corrected chi connectivity index (χ3v) is 6.37. The second kappa shape index (κ2) is 10.1. The van der Waals surface area contributed by atoms with Gasteiger partial charge < -0.3 is 15.0 Å². The molecule has 1 N–H and O–H groups in total. The Balaban J connectivity index is 1.68. The van der Waals surface area contributed by atoms with Gasteiger partial charge in [0, 0.05) is 43.5 Å². The van der Waals surface area contributed by atoms with Crippen LogP contribution in [0.4, 0.5) is 11.6 Å². The minimum Gasteiger partial charge on any atom is -0.374 e. The molecule has 4 rings (SSSR count). The number of hydrogen-bond acceptors (Lipinski definition) is 6. The number of benzene rings is 1. The van der Waals surface area contributed by atoms with Gasteiger partial charge in [-0.1, -0.05) is 36.2 Å². The van der Waals surface area contributed by atoms with E-state index >= 15 is 0 Å². The number of pyridine rings is 1. The zero-order valence-corrected chi connectivity index (χ0v) is 20.4. The molecule has 9 heteroatoms. The SMILES string of the molecule is CCO[C@H]1CN(c2ccccn2)C[C@H]1Nc1c(CC)nc(-c2ccc(Cl)cc2Cl)c(=O)n1C. The quantitative estimate of drug-likeness (QED) is 0.531. The van der Waals surface area contributed by atoms with E-state index in [2.05, 4.69) is 15.2 Å². The van der Waals surface area contributed by atoms with Gasteiger partial charge >= 0.3 is 0 Å². The van der Waals surface area contributed by atoms with Crippen molar-refractivity contribution in [2.75, 3.05) is 29.9 Å². The first kappa shape index (κ1) is 23.5. The predicted molar refractivity (Wildman–Crippen MR) is 134 cm³/mol. The molecular weight excluding hydrogens is 461 g/mol. The fourth-order valence-corrected chi connectivity index (χ4v) is 4.67. The largest absolute Gasteiger partial charge is 0.374 e. The average molecular weight is 488 g/mol. The van der Waals surface area contributed by atoms with Gasteiger partial charge in [0.1, 0.15) is 17.3 Å². The lowest BCUT2D eigenvalue weighted by molar-refractivity contribution is 0.0718. The molecule has 2 atom stereocenters. The Hall–Kier alpha value is -2.61. The monoisotopic (exact) mass is 487 g/mol. The Kier molecular flexibility index (Phi) is 7.22. The lowest BCUT2D eigenvalue weighted by Gasteiger charge is -2.24. The highest BCUT2D eigenvalue weighted by atomic mass is 35.5. The van der Waals surface area contributed by atoms with Gasteiger partial charge in [-0.05, 0) is 43.7 Å². The molecule has 0 unspecified atom stereocenters. The molecule has 0 bridgehead atoms. The number of ether oxygens (including phenoxy) is 1. The van der Waals surface area contributed by atoms with Gasteiger partial charge in [0.05, 0.1) is 22.9 Å². The molecule has 7 nitrogen and oxygen atoms in total. The van der Waals surface area contributed by atoms with Crippen LogP contribution in [0.1, 0.15) is 19.5 Å². The van der Waals surface area contributed by atoms with Crippen LogP contribution in [0.3, 0.4) is 0 Å². The number of aromatic nitrogens is 3. The Bertz CT molecular complexity index is 1190. The van der Waals surface area contributed by atoms with Crippen LogP contribution < -0.4 is 15.8 Å². The van der Waals surface area contributed by atoms with Crippen molar-refractivity contribution < 1.29 is 4.74 Å². The van der Waals surface area contributed by atoms with E-state index in [0.717, 1.165) is 11.5 Å². The summed E-state index contributed by atoms with van der Waals surface area (Å²) in [4.78, 5) is 24.7. The Morgan fingerprint density at radius 1 is 1.18 bits per heavy atom. The molecule has 3 heterocycles. The van der Waals surface area contributed by atoms with E-state index in [4.69, 9.17) is 32.9 Å². The van der Waals surface area contributed by atoms with Crippen LogP contribution in [-0.2, 0) is 18.2 Å². The summed E-state index contributed by atoms with van der Waals surface area (Å²) in [6.45, 7) is 6.01. The average Bonchev–Trinajstić information content (AvgIpc) is 3.21. The van der Waals surface area contributed by atoms with Crippen molar-refractivity contribution in [3.05, 3.63) is 68.7 Å². The first-order valence-corrected chi connectivity index (χ1v) is 11.8. The standard InChI is InChI=1S/C24H27Cl2N5O2/c1-4-18-23(30(3)24(32)22(28-18)16-10-9-15(25)12-17(16)26)29-19-13-31(14-20(19)33-5-2)21-8-6-7-11-27-21/h6-12,19-20,29H,4-5,13-14H2,1-3H3/t19-,20+/m1/s1. The van der Waals surface area contributed by atoms with Gasteiger partial charge in [-0.2, -0.15) is 0 Å². The lowest BCUT2D eigenvalue weighted by atomic mass is 10.1. The van der Waals surface area contributed by atoms with E-state index in [1.165, 1.54) is 0 Å². The number of anilines is 2. The maximum Gasteiger partial charge on any atom is 0.278 e. The summed E-state index contributed by atoms with van der Waals surface area (Å²) in [5.74, 6) is 1.59. The molecule has 2 aromatic heterocycles. The molecule has 1 aliphatic heterocycles. The highest BCUT2D eigenvalue weighted by Gasteiger charge is 2.35. The molecule has 0 spiro atoms. The van der Waals surface area contributed by atoms with E-state index in [-0.39, 0.29) is 17.7 Å². The molecule has 1 saturated heterocycles. The van der Waals surface area contributed by atoms with Gasteiger partial charge in [0.25, 0.3) is 5.56 Å². The molecule has 1 aliphatic rings. The topological polar surface area (TPSA) is 72.3 Å². The van der Waals surface area contributed by atoms with Crippen molar-refractivity contribution in [2.24, 2.45) is 7.05 Å². The van der Waals surface area contributed by atoms with Gasteiger partial charge in [0.15, 0.2) is 0 Å². The van der Waals surface area contributed by atoms with Gasteiger partial charge in [-0.3, -0.25) is 9.36 Å².